The highest BCUT2D eigenvalue weighted by molar-refractivity contribution is 7.99. The minimum Gasteiger partial charge on any atom is -0.478 e. The van der Waals surface area contributed by atoms with Crippen LogP contribution in [0.4, 0.5) is 0 Å². The normalized spacial score (nSPS) is 11.5. The number of benzene rings is 1. The molecule has 0 aliphatic carbocycles. The summed E-state index contributed by atoms with van der Waals surface area (Å²) in [5.41, 5.74) is -0.189. The lowest BCUT2D eigenvalue weighted by molar-refractivity contribution is 0.0697. The molecule has 1 aromatic carbocycles. The van der Waals surface area contributed by atoms with E-state index >= 15 is 0 Å². The Morgan fingerprint density at radius 3 is 2.68 bits per heavy atom. The predicted octanol–water partition coefficient (Wildman–Crippen LogP) is 2.96. The van der Waals surface area contributed by atoms with E-state index in [1.54, 1.807) is 11.8 Å². The van der Waals surface area contributed by atoms with Crippen molar-refractivity contribution in [3.63, 3.8) is 0 Å². The number of thioether (sulfide) groups is 1. The van der Waals surface area contributed by atoms with Gasteiger partial charge in [0.05, 0.1) is 21.2 Å². The minimum atomic E-state index is -3.45. The SMILES string of the molecule is CCSCCCS(=O)(=O)c1ccc(Cl)c(C(=O)O)c1. The van der Waals surface area contributed by atoms with Crippen molar-refractivity contribution in [3.8, 4) is 0 Å². The Kier molecular flexibility index (Phi) is 6.16. The Hall–Kier alpha value is -0.720. The zero-order valence-electron chi connectivity index (χ0n) is 10.4. The predicted molar refractivity (Wildman–Crippen MR) is 78.1 cm³/mol. The van der Waals surface area contributed by atoms with Gasteiger partial charge >= 0.3 is 5.97 Å². The van der Waals surface area contributed by atoms with Crippen LogP contribution in [0.15, 0.2) is 23.1 Å². The summed E-state index contributed by atoms with van der Waals surface area (Å²) >= 11 is 7.38. The first kappa shape index (κ1) is 16.3. The fourth-order valence-corrected chi connectivity index (χ4v) is 3.83. The van der Waals surface area contributed by atoms with Crippen molar-refractivity contribution < 1.29 is 18.3 Å². The van der Waals surface area contributed by atoms with Crippen molar-refractivity contribution >= 4 is 39.2 Å². The molecule has 0 atom stereocenters. The summed E-state index contributed by atoms with van der Waals surface area (Å²) in [6, 6.07) is 3.77. The summed E-state index contributed by atoms with van der Waals surface area (Å²) in [6.45, 7) is 2.01. The maximum absolute atomic E-state index is 12.0. The highest BCUT2D eigenvalue weighted by Crippen LogP contribution is 2.22. The number of sulfone groups is 1. The Balaban J connectivity index is 2.89. The zero-order valence-corrected chi connectivity index (χ0v) is 12.8. The van der Waals surface area contributed by atoms with Crippen LogP contribution in [0.3, 0.4) is 0 Å². The monoisotopic (exact) mass is 322 g/mol. The first-order chi connectivity index (χ1) is 8.88. The number of hydrogen-bond donors (Lipinski definition) is 1. The van der Waals surface area contributed by atoms with Gasteiger partial charge in [-0.1, -0.05) is 18.5 Å². The van der Waals surface area contributed by atoms with Gasteiger partial charge in [0.1, 0.15) is 0 Å². The van der Waals surface area contributed by atoms with Crippen molar-refractivity contribution in [2.24, 2.45) is 0 Å². The van der Waals surface area contributed by atoms with Gasteiger partial charge in [0.15, 0.2) is 9.84 Å². The molecule has 0 aromatic heterocycles. The average molecular weight is 323 g/mol. The molecule has 0 bridgehead atoms. The molecular weight excluding hydrogens is 308 g/mol. The molecule has 0 spiro atoms. The highest BCUT2D eigenvalue weighted by Gasteiger charge is 2.18. The average Bonchev–Trinajstić information content (AvgIpc) is 2.34. The summed E-state index contributed by atoms with van der Waals surface area (Å²) in [5, 5.41) is 8.95. The minimum absolute atomic E-state index is 0.01000. The van der Waals surface area contributed by atoms with Gasteiger partial charge < -0.3 is 5.11 Å². The summed E-state index contributed by atoms with van der Waals surface area (Å²) < 4.78 is 24.1. The van der Waals surface area contributed by atoms with E-state index in [4.69, 9.17) is 16.7 Å². The Bertz CT molecular complexity index is 555. The van der Waals surface area contributed by atoms with E-state index in [1.165, 1.54) is 12.1 Å². The number of carbonyl (C=O) groups is 1. The summed E-state index contributed by atoms with van der Waals surface area (Å²) in [4.78, 5) is 10.9. The summed E-state index contributed by atoms with van der Waals surface area (Å²) in [5.74, 6) is 0.503. The highest BCUT2D eigenvalue weighted by atomic mass is 35.5. The fraction of sp³-hybridized carbons (Fsp3) is 0.417. The number of halogens is 1. The van der Waals surface area contributed by atoms with E-state index in [9.17, 15) is 13.2 Å². The molecule has 1 rings (SSSR count). The topological polar surface area (TPSA) is 71.4 Å². The van der Waals surface area contributed by atoms with Gasteiger partial charge in [-0.3, -0.25) is 0 Å². The van der Waals surface area contributed by atoms with Crippen LogP contribution in [-0.4, -0.2) is 36.8 Å². The van der Waals surface area contributed by atoms with Gasteiger partial charge in [0.25, 0.3) is 0 Å². The summed E-state index contributed by atoms with van der Waals surface area (Å²) in [7, 11) is -3.45. The number of carboxylic acids is 1. The molecule has 0 aliphatic heterocycles. The molecule has 19 heavy (non-hydrogen) atoms. The van der Waals surface area contributed by atoms with Crippen LogP contribution in [0.1, 0.15) is 23.7 Å². The van der Waals surface area contributed by atoms with Crippen molar-refractivity contribution in [1.29, 1.82) is 0 Å². The number of rotatable bonds is 7. The van der Waals surface area contributed by atoms with E-state index in [0.717, 1.165) is 17.6 Å². The van der Waals surface area contributed by atoms with Crippen molar-refractivity contribution in [2.45, 2.75) is 18.2 Å². The fourth-order valence-electron chi connectivity index (χ4n) is 1.47. The van der Waals surface area contributed by atoms with E-state index in [0.29, 0.717) is 6.42 Å². The molecule has 106 valence electrons. The second-order valence-corrected chi connectivity index (χ2v) is 7.73. The summed E-state index contributed by atoms with van der Waals surface area (Å²) in [6.07, 6.45) is 0.547. The van der Waals surface area contributed by atoms with E-state index < -0.39 is 15.8 Å². The van der Waals surface area contributed by atoms with Crippen LogP contribution in [0.25, 0.3) is 0 Å². The second kappa shape index (κ2) is 7.17. The third-order valence-electron chi connectivity index (χ3n) is 2.43. The molecule has 0 heterocycles. The number of carboxylic acid groups (broad SMARTS) is 1. The molecule has 4 nitrogen and oxygen atoms in total. The molecule has 1 aromatic rings. The standard InChI is InChI=1S/C12H15ClO4S2/c1-2-18-6-3-7-19(16,17)9-4-5-11(13)10(8-9)12(14)15/h4-5,8H,2-3,6-7H2,1H3,(H,14,15). The van der Waals surface area contributed by atoms with Gasteiger partial charge in [-0.15, -0.1) is 0 Å². The van der Waals surface area contributed by atoms with E-state index in [-0.39, 0.29) is 21.2 Å². The maximum atomic E-state index is 12.0. The molecule has 1 N–H and O–H groups in total. The Morgan fingerprint density at radius 1 is 1.42 bits per heavy atom. The van der Waals surface area contributed by atoms with E-state index in [1.807, 2.05) is 6.92 Å². The van der Waals surface area contributed by atoms with Gasteiger partial charge in [0, 0.05) is 0 Å². The molecule has 0 saturated carbocycles. The lowest BCUT2D eigenvalue weighted by atomic mass is 10.2. The third kappa shape index (κ3) is 4.71. The van der Waals surface area contributed by atoms with Crippen molar-refractivity contribution in [2.75, 3.05) is 17.3 Å². The largest absolute Gasteiger partial charge is 0.478 e. The Labute approximate surface area is 122 Å². The number of aromatic carboxylic acids is 1. The van der Waals surface area contributed by atoms with Crippen LogP contribution in [0.5, 0.6) is 0 Å². The van der Waals surface area contributed by atoms with Crippen LogP contribution in [0.2, 0.25) is 5.02 Å². The van der Waals surface area contributed by atoms with Gasteiger partial charge in [-0.05, 0) is 36.1 Å². The lowest BCUT2D eigenvalue weighted by Crippen LogP contribution is -2.09. The molecule has 0 fully saturated rings. The van der Waals surface area contributed by atoms with Crippen LogP contribution in [0, 0.1) is 0 Å². The molecule has 7 heteroatoms. The Morgan fingerprint density at radius 2 is 2.11 bits per heavy atom. The molecule has 0 saturated heterocycles. The zero-order chi connectivity index (χ0) is 14.5. The first-order valence-corrected chi connectivity index (χ1v) is 8.90. The lowest BCUT2D eigenvalue weighted by Gasteiger charge is -2.06. The van der Waals surface area contributed by atoms with E-state index in [2.05, 4.69) is 0 Å². The van der Waals surface area contributed by atoms with Gasteiger partial charge in [-0.2, -0.15) is 11.8 Å². The molecular formula is C12H15ClO4S2. The second-order valence-electron chi connectivity index (χ2n) is 3.82. The van der Waals surface area contributed by atoms with Crippen LogP contribution in [-0.2, 0) is 9.84 Å². The van der Waals surface area contributed by atoms with Crippen molar-refractivity contribution in [1.82, 2.24) is 0 Å². The van der Waals surface area contributed by atoms with Crippen molar-refractivity contribution in [3.05, 3.63) is 28.8 Å². The van der Waals surface area contributed by atoms with Gasteiger partial charge in [0.2, 0.25) is 0 Å². The molecule has 0 radical (unpaired) electrons. The maximum Gasteiger partial charge on any atom is 0.337 e. The van der Waals surface area contributed by atoms with Gasteiger partial charge in [-0.25, -0.2) is 13.2 Å². The quantitative estimate of drug-likeness (QED) is 0.781. The molecule has 0 aliphatic rings. The molecule has 0 unspecified atom stereocenters. The molecule has 0 amide bonds. The third-order valence-corrected chi connectivity index (χ3v) is 5.55. The van der Waals surface area contributed by atoms with Crippen LogP contribution >= 0.6 is 23.4 Å². The first-order valence-electron chi connectivity index (χ1n) is 5.72. The van der Waals surface area contributed by atoms with Crippen LogP contribution < -0.4 is 0 Å². The smallest absolute Gasteiger partial charge is 0.337 e. The number of hydrogen-bond acceptors (Lipinski definition) is 4.